The first kappa shape index (κ1) is 24.2. The Morgan fingerprint density at radius 3 is 2.67 bits per heavy atom. The van der Waals surface area contributed by atoms with Crippen LogP contribution in [0.15, 0.2) is 66.3 Å². The third kappa shape index (κ3) is 6.75. The highest BCUT2D eigenvalue weighted by molar-refractivity contribution is 7.99. The van der Waals surface area contributed by atoms with Crippen molar-refractivity contribution in [3.8, 4) is 11.5 Å². The summed E-state index contributed by atoms with van der Waals surface area (Å²) in [5.74, 6) is 0.897. The van der Waals surface area contributed by atoms with Gasteiger partial charge < -0.3 is 14.8 Å². The lowest BCUT2D eigenvalue weighted by atomic mass is 10.2. The zero-order valence-electron chi connectivity index (χ0n) is 17.6. The van der Waals surface area contributed by atoms with Crippen molar-refractivity contribution in [1.82, 2.24) is 14.8 Å². The molecule has 11 heteroatoms. The van der Waals surface area contributed by atoms with E-state index in [1.54, 1.807) is 34.9 Å². The lowest BCUT2D eigenvalue weighted by Crippen LogP contribution is -2.15. The zero-order chi connectivity index (χ0) is 23.8. The van der Waals surface area contributed by atoms with Crippen molar-refractivity contribution in [3.05, 3.63) is 72.6 Å². The summed E-state index contributed by atoms with van der Waals surface area (Å²) in [5.41, 5.74) is -0.200. The molecule has 0 saturated carbocycles. The van der Waals surface area contributed by atoms with E-state index in [9.17, 15) is 18.0 Å². The molecule has 0 saturated heterocycles. The van der Waals surface area contributed by atoms with Gasteiger partial charge in [-0.1, -0.05) is 30.0 Å². The van der Waals surface area contributed by atoms with Crippen LogP contribution in [0.4, 0.5) is 18.9 Å². The summed E-state index contributed by atoms with van der Waals surface area (Å²) in [7, 11) is 1.54. The van der Waals surface area contributed by atoms with Crippen LogP contribution in [0, 0.1) is 0 Å². The Bertz CT molecular complexity index is 1120. The highest BCUT2D eigenvalue weighted by Crippen LogP contribution is 2.31. The van der Waals surface area contributed by atoms with E-state index >= 15 is 0 Å². The fourth-order valence-electron chi connectivity index (χ4n) is 2.78. The first-order chi connectivity index (χ1) is 15.8. The van der Waals surface area contributed by atoms with E-state index in [2.05, 4.69) is 22.1 Å². The molecule has 0 radical (unpaired) electrons. The molecule has 1 heterocycles. The van der Waals surface area contributed by atoms with Gasteiger partial charge in [0.25, 0.3) is 0 Å². The molecule has 0 fully saturated rings. The first-order valence-corrected chi connectivity index (χ1v) is 10.7. The predicted molar refractivity (Wildman–Crippen MR) is 118 cm³/mol. The molecule has 3 rings (SSSR count). The number of benzene rings is 2. The SMILES string of the molecule is C=CCn1c(COc2cccc(C(F)(F)F)c2)nnc1SCC(=O)Nc1cccc(OC)c1. The lowest BCUT2D eigenvalue weighted by Gasteiger charge is -2.11. The van der Waals surface area contributed by atoms with Crippen molar-refractivity contribution in [2.75, 3.05) is 18.2 Å². The molecule has 3 aromatic rings. The van der Waals surface area contributed by atoms with E-state index in [0.717, 1.165) is 12.1 Å². The van der Waals surface area contributed by atoms with Crippen LogP contribution in [0.3, 0.4) is 0 Å². The van der Waals surface area contributed by atoms with Crippen molar-refractivity contribution >= 4 is 23.4 Å². The number of hydrogen-bond acceptors (Lipinski definition) is 6. The quantitative estimate of drug-likeness (QED) is 0.333. The van der Waals surface area contributed by atoms with Crippen molar-refractivity contribution in [2.45, 2.75) is 24.5 Å². The Morgan fingerprint density at radius 2 is 1.94 bits per heavy atom. The van der Waals surface area contributed by atoms with Crippen LogP contribution >= 0.6 is 11.8 Å². The van der Waals surface area contributed by atoms with Gasteiger partial charge in [0.15, 0.2) is 11.0 Å². The summed E-state index contributed by atoms with van der Waals surface area (Å²) in [6.07, 6.45) is -2.84. The van der Waals surface area contributed by atoms with Gasteiger partial charge in [-0.2, -0.15) is 13.2 Å². The fourth-order valence-corrected chi connectivity index (χ4v) is 3.55. The molecule has 174 valence electrons. The van der Waals surface area contributed by atoms with Gasteiger partial charge in [0.1, 0.15) is 18.1 Å². The molecule has 1 aromatic heterocycles. The molecule has 0 atom stereocenters. The van der Waals surface area contributed by atoms with E-state index in [4.69, 9.17) is 9.47 Å². The molecule has 0 bridgehead atoms. The fraction of sp³-hybridized carbons (Fsp3) is 0.227. The Kier molecular flexibility index (Phi) is 7.99. The number of allylic oxidation sites excluding steroid dienone is 1. The van der Waals surface area contributed by atoms with Gasteiger partial charge in [-0.05, 0) is 30.3 Å². The highest BCUT2D eigenvalue weighted by atomic mass is 32.2. The zero-order valence-corrected chi connectivity index (χ0v) is 18.4. The third-order valence-corrected chi connectivity index (χ3v) is 5.29. The maximum Gasteiger partial charge on any atom is 0.416 e. The monoisotopic (exact) mass is 478 g/mol. The average molecular weight is 478 g/mol. The molecular weight excluding hydrogens is 457 g/mol. The molecule has 0 spiro atoms. The van der Waals surface area contributed by atoms with E-state index in [1.165, 1.54) is 31.0 Å². The van der Waals surface area contributed by atoms with E-state index in [1.807, 2.05) is 0 Å². The molecule has 2 aromatic carbocycles. The number of ether oxygens (including phenoxy) is 2. The van der Waals surface area contributed by atoms with Gasteiger partial charge in [-0.3, -0.25) is 9.36 Å². The smallest absolute Gasteiger partial charge is 0.416 e. The summed E-state index contributed by atoms with van der Waals surface area (Å²) in [6.45, 7) is 3.94. The number of nitrogens with zero attached hydrogens (tertiary/aromatic N) is 3. The van der Waals surface area contributed by atoms with E-state index in [0.29, 0.717) is 29.0 Å². The van der Waals surface area contributed by atoms with Crippen LogP contribution in [0.2, 0.25) is 0 Å². The minimum absolute atomic E-state index is 0.0600. The molecule has 1 amide bonds. The number of halogens is 3. The summed E-state index contributed by atoms with van der Waals surface area (Å²) in [4.78, 5) is 12.3. The van der Waals surface area contributed by atoms with Gasteiger partial charge in [-0.15, -0.1) is 16.8 Å². The summed E-state index contributed by atoms with van der Waals surface area (Å²) in [5, 5.41) is 11.4. The number of nitrogens with one attached hydrogen (secondary N) is 1. The van der Waals surface area contributed by atoms with Crippen LogP contribution in [0.1, 0.15) is 11.4 Å². The van der Waals surface area contributed by atoms with Crippen molar-refractivity contribution in [1.29, 1.82) is 0 Å². The van der Waals surface area contributed by atoms with Crippen LogP contribution in [-0.2, 0) is 24.1 Å². The number of hydrogen-bond donors (Lipinski definition) is 1. The molecule has 0 aliphatic heterocycles. The number of rotatable bonds is 10. The second-order valence-corrected chi connectivity index (χ2v) is 7.62. The number of methoxy groups -OCH3 is 1. The number of thioether (sulfide) groups is 1. The highest BCUT2D eigenvalue weighted by Gasteiger charge is 2.30. The van der Waals surface area contributed by atoms with Crippen LogP contribution in [0.5, 0.6) is 11.5 Å². The Hall–Kier alpha value is -3.47. The predicted octanol–water partition coefficient (Wildman–Crippen LogP) is 4.80. The molecule has 0 aliphatic rings. The number of amides is 1. The van der Waals surface area contributed by atoms with Crippen LogP contribution < -0.4 is 14.8 Å². The van der Waals surface area contributed by atoms with Crippen LogP contribution in [-0.4, -0.2) is 33.5 Å². The minimum Gasteiger partial charge on any atom is -0.497 e. The van der Waals surface area contributed by atoms with Crippen LogP contribution in [0.25, 0.3) is 0 Å². The number of aromatic nitrogens is 3. The van der Waals surface area contributed by atoms with Crippen molar-refractivity contribution in [3.63, 3.8) is 0 Å². The molecule has 33 heavy (non-hydrogen) atoms. The number of carbonyl (C=O) groups excluding carboxylic acids is 1. The Morgan fingerprint density at radius 1 is 1.18 bits per heavy atom. The Labute approximate surface area is 192 Å². The second-order valence-electron chi connectivity index (χ2n) is 6.68. The largest absolute Gasteiger partial charge is 0.497 e. The number of alkyl halides is 3. The van der Waals surface area contributed by atoms with Crippen molar-refractivity contribution in [2.24, 2.45) is 0 Å². The summed E-state index contributed by atoms with van der Waals surface area (Å²) >= 11 is 1.17. The topological polar surface area (TPSA) is 78.3 Å². The minimum atomic E-state index is -4.46. The van der Waals surface area contributed by atoms with E-state index < -0.39 is 11.7 Å². The maximum atomic E-state index is 12.9. The van der Waals surface area contributed by atoms with Gasteiger partial charge in [-0.25, -0.2) is 0 Å². The van der Waals surface area contributed by atoms with Gasteiger partial charge >= 0.3 is 6.18 Å². The molecular formula is C22H21F3N4O3S. The average Bonchev–Trinajstić information content (AvgIpc) is 3.18. The molecule has 1 N–H and O–H groups in total. The molecule has 0 aliphatic carbocycles. The number of anilines is 1. The van der Waals surface area contributed by atoms with Gasteiger partial charge in [0.2, 0.25) is 5.91 Å². The number of carbonyl (C=O) groups is 1. The first-order valence-electron chi connectivity index (χ1n) is 9.70. The third-order valence-electron chi connectivity index (χ3n) is 4.32. The van der Waals surface area contributed by atoms with Gasteiger partial charge in [0, 0.05) is 18.3 Å². The van der Waals surface area contributed by atoms with Crippen molar-refractivity contribution < 1.29 is 27.4 Å². The molecule has 0 unspecified atom stereocenters. The standard InChI is InChI=1S/C22H21F3N4O3S/c1-3-10-29-19(13-32-18-9-4-6-15(11-18)22(23,24)25)27-28-21(29)33-14-20(30)26-16-7-5-8-17(12-16)31-2/h3-9,11-12H,1,10,13-14H2,2H3,(H,26,30). The lowest BCUT2D eigenvalue weighted by molar-refractivity contribution is -0.137. The van der Waals surface area contributed by atoms with Gasteiger partial charge in [0.05, 0.1) is 18.4 Å². The summed E-state index contributed by atoms with van der Waals surface area (Å²) < 4.78 is 51.0. The summed E-state index contributed by atoms with van der Waals surface area (Å²) in [6, 6.07) is 11.6. The second kappa shape index (κ2) is 10.9. The van der Waals surface area contributed by atoms with E-state index in [-0.39, 0.29) is 24.0 Å². The maximum absolute atomic E-state index is 12.9. The molecule has 7 nitrogen and oxygen atoms in total. The normalized spacial score (nSPS) is 11.2. The Balaban J connectivity index is 1.63.